The normalized spacial score (nSPS) is 38.7. The Hall–Kier alpha value is -0.650. The summed E-state index contributed by atoms with van der Waals surface area (Å²) >= 11 is 0. The van der Waals surface area contributed by atoms with Gasteiger partial charge in [-0.3, -0.25) is 4.79 Å². The Balaban J connectivity index is 2.99. The van der Waals surface area contributed by atoms with Crippen molar-refractivity contribution in [2.75, 3.05) is 14.2 Å². The average Bonchev–Trinajstić information content (AvgIpc) is 2.52. The Kier molecular flexibility index (Phi) is 3.93. The van der Waals surface area contributed by atoms with Crippen molar-refractivity contribution in [1.82, 2.24) is 5.32 Å². The molecule has 1 amide bonds. The number of carbonyl (C=O) groups is 1. The molecule has 0 aromatic carbocycles. The molecular weight excluding hydrogens is 210 g/mol. The zero-order chi connectivity index (χ0) is 12.4. The number of hydrogen-bond donors (Lipinski definition) is 1. The smallest absolute Gasteiger partial charge is 0.259 e. The summed E-state index contributed by atoms with van der Waals surface area (Å²) in [7, 11) is 3.11. The van der Waals surface area contributed by atoms with E-state index >= 15 is 0 Å². The predicted octanol–water partition coefficient (Wildman–Crippen LogP) is 1.23. The molecule has 0 saturated carbocycles. The van der Waals surface area contributed by atoms with Gasteiger partial charge < -0.3 is 19.5 Å². The third-order valence-corrected chi connectivity index (χ3v) is 3.38. The largest absolute Gasteiger partial charge is 0.356 e. The Morgan fingerprint density at radius 1 is 1.56 bits per heavy atom. The van der Waals surface area contributed by atoms with E-state index in [9.17, 15) is 4.79 Å². The van der Waals surface area contributed by atoms with Crippen molar-refractivity contribution >= 4 is 5.91 Å². The van der Waals surface area contributed by atoms with Gasteiger partial charge in [-0.05, 0) is 6.42 Å². The van der Waals surface area contributed by atoms with Gasteiger partial charge in [-0.25, -0.2) is 0 Å². The van der Waals surface area contributed by atoms with Crippen LogP contribution in [0.2, 0.25) is 0 Å². The van der Waals surface area contributed by atoms with Crippen molar-refractivity contribution in [1.29, 1.82) is 0 Å². The molecule has 0 aromatic heterocycles. The van der Waals surface area contributed by atoms with Crippen LogP contribution in [0.25, 0.3) is 0 Å². The third kappa shape index (κ3) is 2.07. The standard InChI is InChI=1S/C11H21NO4/c1-6-10(3)7-9(14-4)16-11(10,15-5)12-8(2)13/h9H,6-7H2,1-5H3,(H,12,13). The van der Waals surface area contributed by atoms with Gasteiger partial charge in [0.2, 0.25) is 5.91 Å². The lowest BCUT2D eigenvalue weighted by Gasteiger charge is -2.39. The molecule has 1 aliphatic rings. The molecule has 16 heavy (non-hydrogen) atoms. The zero-order valence-electron chi connectivity index (χ0n) is 10.6. The predicted molar refractivity (Wildman–Crippen MR) is 58.5 cm³/mol. The zero-order valence-corrected chi connectivity index (χ0v) is 10.6. The van der Waals surface area contributed by atoms with E-state index in [1.807, 2.05) is 13.8 Å². The molecular formula is C11H21NO4. The first-order valence-corrected chi connectivity index (χ1v) is 5.47. The molecule has 1 aliphatic heterocycles. The lowest BCUT2D eigenvalue weighted by molar-refractivity contribution is -0.296. The highest BCUT2D eigenvalue weighted by Crippen LogP contribution is 2.47. The molecule has 5 heteroatoms. The van der Waals surface area contributed by atoms with Crippen LogP contribution in [-0.4, -0.2) is 32.3 Å². The van der Waals surface area contributed by atoms with Gasteiger partial charge in [-0.1, -0.05) is 13.8 Å². The van der Waals surface area contributed by atoms with E-state index in [1.165, 1.54) is 14.0 Å². The van der Waals surface area contributed by atoms with Crippen LogP contribution in [0.15, 0.2) is 0 Å². The van der Waals surface area contributed by atoms with E-state index in [4.69, 9.17) is 14.2 Å². The Morgan fingerprint density at radius 3 is 2.56 bits per heavy atom. The van der Waals surface area contributed by atoms with Gasteiger partial charge in [0.05, 0.1) is 0 Å². The van der Waals surface area contributed by atoms with Crippen LogP contribution in [0, 0.1) is 5.41 Å². The van der Waals surface area contributed by atoms with Gasteiger partial charge in [0.15, 0.2) is 6.29 Å². The number of methoxy groups -OCH3 is 2. The number of ether oxygens (including phenoxy) is 3. The van der Waals surface area contributed by atoms with Gasteiger partial charge in [-0.15, -0.1) is 0 Å². The van der Waals surface area contributed by atoms with Crippen molar-refractivity contribution in [2.24, 2.45) is 5.41 Å². The molecule has 0 spiro atoms. The van der Waals surface area contributed by atoms with Crippen molar-refractivity contribution in [3.05, 3.63) is 0 Å². The maximum Gasteiger partial charge on any atom is 0.259 e. The number of amides is 1. The average molecular weight is 231 g/mol. The highest BCUT2D eigenvalue weighted by molar-refractivity contribution is 5.73. The molecule has 0 aromatic rings. The van der Waals surface area contributed by atoms with Crippen LogP contribution >= 0.6 is 0 Å². The summed E-state index contributed by atoms with van der Waals surface area (Å²) in [5.74, 6) is -1.27. The SMILES string of the molecule is CCC1(C)CC(OC)OC1(NC(C)=O)OC. The maximum atomic E-state index is 11.3. The summed E-state index contributed by atoms with van der Waals surface area (Å²) in [6.07, 6.45) is 1.16. The van der Waals surface area contributed by atoms with Crippen LogP contribution in [-0.2, 0) is 19.0 Å². The van der Waals surface area contributed by atoms with Crippen LogP contribution in [0.5, 0.6) is 0 Å². The molecule has 0 bridgehead atoms. The molecule has 5 nitrogen and oxygen atoms in total. The maximum absolute atomic E-state index is 11.3. The summed E-state index contributed by atoms with van der Waals surface area (Å²) in [5.41, 5.74) is -0.298. The van der Waals surface area contributed by atoms with Gasteiger partial charge in [0.25, 0.3) is 5.91 Å². The molecule has 1 heterocycles. The van der Waals surface area contributed by atoms with E-state index < -0.39 is 5.91 Å². The van der Waals surface area contributed by atoms with E-state index in [2.05, 4.69) is 5.32 Å². The fraction of sp³-hybridized carbons (Fsp3) is 0.909. The lowest BCUT2D eigenvalue weighted by atomic mass is 9.81. The number of rotatable bonds is 4. The molecule has 94 valence electrons. The Labute approximate surface area is 96.4 Å². The van der Waals surface area contributed by atoms with Gasteiger partial charge in [-0.2, -0.15) is 0 Å². The van der Waals surface area contributed by atoms with E-state index in [1.54, 1.807) is 7.11 Å². The minimum absolute atomic E-state index is 0.182. The fourth-order valence-electron chi connectivity index (χ4n) is 2.14. The summed E-state index contributed by atoms with van der Waals surface area (Å²) in [6, 6.07) is 0. The first-order chi connectivity index (χ1) is 7.43. The molecule has 1 N–H and O–H groups in total. The first kappa shape index (κ1) is 13.4. The summed E-state index contributed by atoms with van der Waals surface area (Å²) in [4.78, 5) is 11.3. The number of nitrogens with one attached hydrogen (secondary N) is 1. The minimum Gasteiger partial charge on any atom is -0.356 e. The molecule has 1 rings (SSSR count). The van der Waals surface area contributed by atoms with Crippen molar-refractivity contribution in [3.8, 4) is 0 Å². The van der Waals surface area contributed by atoms with Crippen LogP contribution in [0.4, 0.5) is 0 Å². The second-order valence-electron chi connectivity index (χ2n) is 4.40. The molecule has 1 fully saturated rings. The second kappa shape index (κ2) is 4.69. The monoisotopic (exact) mass is 231 g/mol. The summed E-state index contributed by atoms with van der Waals surface area (Å²) in [6.45, 7) is 5.50. The van der Waals surface area contributed by atoms with Crippen molar-refractivity contribution in [3.63, 3.8) is 0 Å². The summed E-state index contributed by atoms with van der Waals surface area (Å²) in [5, 5.41) is 2.75. The third-order valence-electron chi connectivity index (χ3n) is 3.38. The summed E-state index contributed by atoms with van der Waals surface area (Å²) < 4.78 is 16.3. The van der Waals surface area contributed by atoms with Gasteiger partial charge in [0, 0.05) is 33.0 Å². The Morgan fingerprint density at radius 2 is 2.19 bits per heavy atom. The first-order valence-electron chi connectivity index (χ1n) is 5.47. The van der Waals surface area contributed by atoms with Crippen LogP contribution < -0.4 is 5.32 Å². The second-order valence-corrected chi connectivity index (χ2v) is 4.40. The van der Waals surface area contributed by atoms with E-state index in [0.717, 1.165) is 6.42 Å². The van der Waals surface area contributed by atoms with E-state index in [0.29, 0.717) is 6.42 Å². The number of carbonyl (C=O) groups excluding carboxylic acids is 1. The van der Waals surface area contributed by atoms with Gasteiger partial charge >= 0.3 is 0 Å². The van der Waals surface area contributed by atoms with Crippen molar-refractivity contribution in [2.45, 2.75) is 45.8 Å². The molecule has 0 radical (unpaired) electrons. The molecule has 3 atom stereocenters. The highest BCUT2D eigenvalue weighted by Gasteiger charge is 2.58. The van der Waals surface area contributed by atoms with Crippen LogP contribution in [0.1, 0.15) is 33.6 Å². The fourth-order valence-corrected chi connectivity index (χ4v) is 2.14. The van der Waals surface area contributed by atoms with E-state index in [-0.39, 0.29) is 17.6 Å². The van der Waals surface area contributed by atoms with Crippen molar-refractivity contribution < 1.29 is 19.0 Å². The topological polar surface area (TPSA) is 56.8 Å². The Bertz CT molecular complexity index is 271. The quantitative estimate of drug-likeness (QED) is 0.739. The highest BCUT2D eigenvalue weighted by atomic mass is 16.8. The molecule has 0 aliphatic carbocycles. The number of hydrogen-bond acceptors (Lipinski definition) is 4. The van der Waals surface area contributed by atoms with Crippen LogP contribution in [0.3, 0.4) is 0 Å². The molecule has 1 saturated heterocycles. The minimum atomic E-state index is -1.09. The lowest BCUT2D eigenvalue weighted by Crippen LogP contribution is -2.58. The molecule has 3 unspecified atom stereocenters. The van der Waals surface area contributed by atoms with Gasteiger partial charge in [0.1, 0.15) is 0 Å².